The van der Waals surface area contributed by atoms with Crippen LogP contribution < -0.4 is 10.6 Å². The zero-order valence-corrected chi connectivity index (χ0v) is 11.9. The summed E-state index contributed by atoms with van der Waals surface area (Å²) < 4.78 is 4.48. The molecule has 0 aromatic heterocycles. The molecule has 0 unspecified atom stereocenters. The van der Waals surface area contributed by atoms with Crippen molar-refractivity contribution in [2.24, 2.45) is 0 Å². The maximum absolute atomic E-state index is 11.8. The Labute approximate surface area is 118 Å². The van der Waals surface area contributed by atoms with E-state index in [1.165, 1.54) is 7.11 Å². The van der Waals surface area contributed by atoms with Gasteiger partial charge in [-0.3, -0.25) is 10.1 Å². The fourth-order valence-corrected chi connectivity index (χ4v) is 1.52. The van der Waals surface area contributed by atoms with Crippen LogP contribution in [0.1, 0.15) is 19.4 Å². The summed E-state index contributed by atoms with van der Waals surface area (Å²) in [4.78, 5) is 22.8. The summed E-state index contributed by atoms with van der Waals surface area (Å²) in [7, 11) is 1.29. The lowest BCUT2D eigenvalue weighted by Gasteiger charge is -2.23. The maximum Gasteiger partial charge on any atom is 0.411 e. The van der Waals surface area contributed by atoms with E-state index in [-0.39, 0.29) is 18.9 Å². The Kier molecular flexibility index (Phi) is 5.52. The molecule has 3 N–H and O–H groups in total. The van der Waals surface area contributed by atoms with E-state index >= 15 is 0 Å². The topological polar surface area (TPSA) is 87.7 Å². The first-order chi connectivity index (χ1) is 9.36. The smallest absolute Gasteiger partial charge is 0.411 e. The summed E-state index contributed by atoms with van der Waals surface area (Å²) in [5.41, 5.74) is 0.770. The van der Waals surface area contributed by atoms with Gasteiger partial charge in [0.05, 0.1) is 25.7 Å². The summed E-state index contributed by atoms with van der Waals surface area (Å²) in [5.74, 6) is -0.169. The van der Waals surface area contributed by atoms with E-state index in [1.54, 1.807) is 38.1 Å². The third-order valence-electron chi connectivity index (χ3n) is 2.62. The standard InChI is InChI=1S/C14H20N2O4/c1-14(2,9-17)16-12(18)8-10-4-6-11(7-5-10)15-13(19)20-3/h4-7,17H,8-9H2,1-3H3,(H,15,19)(H,16,18). The third kappa shape index (κ3) is 5.27. The number of hydrogen-bond donors (Lipinski definition) is 3. The number of benzene rings is 1. The van der Waals surface area contributed by atoms with Gasteiger partial charge in [0.1, 0.15) is 0 Å². The van der Waals surface area contributed by atoms with E-state index in [0.29, 0.717) is 5.69 Å². The molecule has 0 fully saturated rings. The molecule has 6 nitrogen and oxygen atoms in total. The molecule has 0 radical (unpaired) electrons. The molecule has 0 aliphatic rings. The van der Waals surface area contributed by atoms with Gasteiger partial charge >= 0.3 is 6.09 Å². The highest BCUT2D eigenvalue weighted by Gasteiger charge is 2.18. The van der Waals surface area contributed by atoms with Gasteiger partial charge in [-0.2, -0.15) is 0 Å². The number of nitrogens with one attached hydrogen (secondary N) is 2. The number of carbonyl (C=O) groups excluding carboxylic acids is 2. The molecule has 0 aliphatic heterocycles. The van der Waals surface area contributed by atoms with Crippen molar-refractivity contribution in [3.63, 3.8) is 0 Å². The van der Waals surface area contributed by atoms with Crippen LogP contribution in [0, 0.1) is 0 Å². The molecule has 0 heterocycles. The van der Waals surface area contributed by atoms with E-state index in [9.17, 15) is 9.59 Å². The third-order valence-corrected chi connectivity index (χ3v) is 2.62. The molecule has 2 amide bonds. The van der Waals surface area contributed by atoms with Crippen LogP contribution in [0.3, 0.4) is 0 Å². The van der Waals surface area contributed by atoms with Gasteiger partial charge in [0, 0.05) is 5.69 Å². The molecule has 1 aromatic rings. The maximum atomic E-state index is 11.8. The summed E-state index contributed by atoms with van der Waals surface area (Å²) in [6.07, 6.45) is -0.331. The van der Waals surface area contributed by atoms with Crippen molar-refractivity contribution in [2.45, 2.75) is 25.8 Å². The molecule has 110 valence electrons. The SMILES string of the molecule is COC(=O)Nc1ccc(CC(=O)NC(C)(C)CO)cc1. The van der Waals surface area contributed by atoms with Crippen LogP contribution in [0.4, 0.5) is 10.5 Å². The lowest BCUT2D eigenvalue weighted by molar-refractivity contribution is -0.122. The number of carbonyl (C=O) groups is 2. The van der Waals surface area contributed by atoms with Crippen LogP contribution in [0.5, 0.6) is 0 Å². The summed E-state index contributed by atoms with van der Waals surface area (Å²) in [5, 5.41) is 14.3. The van der Waals surface area contributed by atoms with Crippen molar-refractivity contribution in [3.8, 4) is 0 Å². The van der Waals surface area contributed by atoms with Crippen LogP contribution in [-0.2, 0) is 16.0 Å². The van der Waals surface area contributed by atoms with Crippen LogP contribution in [0.15, 0.2) is 24.3 Å². The summed E-state index contributed by atoms with van der Waals surface area (Å²) in [6.45, 7) is 3.36. The second kappa shape index (κ2) is 6.91. The van der Waals surface area contributed by atoms with E-state index in [0.717, 1.165) is 5.56 Å². The minimum atomic E-state index is -0.635. The fraction of sp³-hybridized carbons (Fsp3) is 0.429. The highest BCUT2D eigenvalue weighted by atomic mass is 16.5. The van der Waals surface area contributed by atoms with Crippen LogP contribution >= 0.6 is 0 Å². The first kappa shape index (κ1) is 16.0. The van der Waals surface area contributed by atoms with Crippen LogP contribution in [0.25, 0.3) is 0 Å². The first-order valence-corrected chi connectivity index (χ1v) is 6.22. The molecule has 0 saturated heterocycles. The monoisotopic (exact) mass is 280 g/mol. The summed E-state index contributed by atoms with van der Waals surface area (Å²) in [6, 6.07) is 6.88. The molecular weight excluding hydrogens is 260 g/mol. The average molecular weight is 280 g/mol. The normalized spacial score (nSPS) is 10.8. The Bertz CT molecular complexity index is 469. The molecule has 1 rings (SSSR count). The number of hydrogen-bond acceptors (Lipinski definition) is 4. The number of ether oxygens (including phenoxy) is 1. The quantitative estimate of drug-likeness (QED) is 0.758. The predicted molar refractivity (Wildman–Crippen MR) is 75.5 cm³/mol. The first-order valence-electron chi connectivity index (χ1n) is 6.22. The number of aliphatic hydroxyl groups is 1. The molecule has 0 spiro atoms. The largest absolute Gasteiger partial charge is 0.453 e. The second-order valence-electron chi connectivity index (χ2n) is 5.08. The Morgan fingerprint density at radius 3 is 2.35 bits per heavy atom. The number of amides is 2. The lowest BCUT2D eigenvalue weighted by Crippen LogP contribution is -2.46. The second-order valence-corrected chi connectivity index (χ2v) is 5.08. The van der Waals surface area contributed by atoms with Gasteiger partial charge in [0.25, 0.3) is 0 Å². The van der Waals surface area contributed by atoms with Crippen molar-refractivity contribution in [3.05, 3.63) is 29.8 Å². The minimum absolute atomic E-state index is 0.124. The predicted octanol–water partition coefficient (Wildman–Crippen LogP) is 1.29. The molecule has 0 atom stereocenters. The highest BCUT2D eigenvalue weighted by molar-refractivity contribution is 5.84. The van der Waals surface area contributed by atoms with Crippen LogP contribution in [-0.4, -0.2) is 36.4 Å². The van der Waals surface area contributed by atoms with E-state index in [4.69, 9.17) is 5.11 Å². The van der Waals surface area contributed by atoms with Crippen LogP contribution in [0.2, 0.25) is 0 Å². The van der Waals surface area contributed by atoms with Gasteiger partial charge in [-0.05, 0) is 31.5 Å². The van der Waals surface area contributed by atoms with E-state index in [1.807, 2.05) is 0 Å². The average Bonchev–Trinajstić information content (AvgIpc) is 2.40. The molecular formula is C14H20N2O4. The number of aliphatic hydroxyl groups excluding tert-OH is 1. The van der Waals surface area contributed by atoms with E-state index in [2.05, 4.69) is 15.4 Å². The number of anilines is 1. The molecule has 0 aliphatic carbocycles. The molecule has 6 heteroatoms. The van der Waals surface area contributed by atoms with Gasteiger partial charge in [-0.1, -0.05) is 12.1 Å². The number of rotatable bonds is 5. The molecule has 0 saturated carbocycles. The minimum Gasteiger partial charge on any atom is -0.453 e. The lowest BCUT2D eigenvalue weighted by atomic mass is 10.1. The van der Waals surface area contributed by atoms with Gasteiger partial charge in [-0.25, -0.2) is 4.79 Å². The van der Waals surface area contributed by atoms with Gasteiger partial charge in [0.2, 0.25) is 5.91 Å². The zero-order valence-electron chi connectivity index (χ0n) is 11.9. The van der Waals surface area contributed by atoms with Gasteiger partial charge < -0.3 is 15.2 Å². The number of methoxy groups -OCH3 is 1. The highest BCUT2D eigenvalue weighted by Crippen LogP contribution is 2.11. The Morgan fingerprint density at radius 2 is 1.85 bits per heavy atom. The van der Waals surface area contributed by atoms with Crippen molar-refractivity contribution >= 4 is 17.7 Å². The van der Waals surface area contributed by atoms with Crippen molar-refractivity contribution in [2.75, 3.05) is 19.0 Å². The van der Waals surface area contributed by atoms with Crippen molar-refractivity contribution in [1.82, 2.24) is 5.32 Å². The Balaban J connectivity index is 2.57. The van der Waals surface area contributed by atoms with Gasteiger partial charge in [-0.15, -0.1) is 0 Å². The Morgan fingerprint density at radius 1 is 1.25 bits per heavy atom. The Hall–Kier alpha value is -2.08. The van der Waals surface area contributed by atoms with Crippen molar-refractivity contribution < 1.29 is 19.4 Å². The zero-order chi connectivity index (χ0) is 15.2. The fourth-order valence-electron chi connectivity index (χ4n) is 1.52. The van der Waals surface area contributed by atoms with E-state index < -0.39 is 11.6 Å². The molecule has 0 bridgehead atoms. The van der Waals surface area contributed by atoms with Crippen molar-refractivity contribution in [1.29, 1.82) is 0 Å². The molecule has 20 heavy (non-hydrogen) atoms. The molecule has 1 aromatic carbocycles. The van der Waals surface area contributed by atoms with Gasteiger partial charge in [0.15, 0.2) is 0 Å². The summed E-state index contributed by atoms with van der Waals surface area (Å²) >= 11 is 0.